The van der Waals surface area contributed by atoms with Gasteiger partial charge in [-0.05, 0) is 37.7 Å². The summed E-state index contributed by atoms with van der Waals surface area (Å²) in [7, 11) is 0. The van der Waals surface area contributed by atoms with Crippen LogP contribution in [0.25, 0.3) is 0 Å². The maximum absolute atomic E-state index is 5.42. The van der Waals surface area contributed by atoms with Crippen LogP contribution in [0, 0.1) is 0 Å². The lowest BCUT2D eigenvalue weighted by Gasteiger charge is -2.05. The molecule has 0 aromatic heterocycles. The second-order valence-electron chi connectivity index (χ2n) is 4.23. The summed E-state index contributed by atoms with van der Waals surface area (Å²) in [6.45, 7) is 2.14. The Morgan fingerprint density at radius 1 is 1.31 bits per heavy atom. The Labute approximate surface area is 97.3 Å². The van der Waals surface area contributed by atoms with E-state index in [0.29, 0.717) is 6.10 Å². The molecule has 1 aromatic carbocycles. The number of hydrogen-bond donors (Lipinski definition) is 0. The van der Waals surface area contributed by atoms with Crippen molar-refractivity contribution >= 4 is 6.21 Å². The van der Waals surface area contributed by atoms with E-state index in [0.717, 1.165) is 24.8 Å². The molecule has 0 saturated heterocycles. The van der Waals surface area contributed by atoms with Crippen molar-refractivity contribution in [1.82, 2.24) is 0 Å². The lowest BCUT2D eigenvalue weighted by atomic mass is 10.1. The highest BCUT2D eigenvalue weighted by Gasteiger charge is 2.15. The topological polar surface area (TPSA) is 21.6 Å². The van der Waals surface area contributed by atoms with Crippen molar-refractivity contribution < 1.29 is 4.84 Å². The first-order chi connectivity index (χ1) is 7.90. The fourth-order valence-corrected chi connectivity index (χ4v) is 2.08. The van der Waals surface area contributed by atoms with Gasteiger partial charge in [-0.15, -0.1) is 0 Å². The molecule has 0 unspecified atom stereocenters. The van der Waals surface area contributed by atoms with Gasteiger partial charge in [-0.3, -0.25) is 0 Å². The molecule has 0 heterocycles. The fourth-order valence-electron chi connectivity index (χ4n) is 2.08. The Hall–Kier alpha value is -1.31. The van der Waals surface area contributed by atoms with Gasteiger partial charge in [-0.25, -0.2) is 0 Å². The highest BCUT2D eigenvalue weighted by molar-refractivity contribution is 5.81. The molecule has 0 N–H and O–H groups in total. The number of aryl methyl sites for hydroxylation is 1. The number of rotatable bonds is 4. The molecule has 1 aliphatic rings. The molecule has 1 radical (unpaired) electrons. The van der Waals surface area contributed by atoms with Crippen molar-refractivity contribution in [2.75, 3.05) is 0 Å². The van der Waals surface area contributed by atoms with E-state index < -0.39 is 0 Å². The number of hydrogen-bond acceptors (Lipinski definition) is 2. The maximum atomic E-state index is 5.42. The smallest absolute Gasteiger partial charge is 0.139 e. The molecule has 0 aliphatic heterocycles. The predicted molar refractivity (Wildman–Crippen MR) is 65.7 cm³/mol. The van der Waals surface area contributed by atoms with Gasteiger partial charge in [0, 0.05) is 5.56 Å². The quantitative estimate of drug-likeness (QED) is 0.558. The van der Waals surface area contributed by atoms with Crippen LogP contribution in [0.3, 0.4) is 0 Å². The van der Waals surface area contributed by atoms with Gasteiger partial charge in [0.05, 0.1) is 0 Å². The van der Waals surface area contributed by atoms with Gasteiger partial charge in [0.1, 0.15) is 12.3 Å². The Kier molecular flexibility index (Phi) is 3.97. The minimum Gasteiger partial charge on any atom is -0.392 e. The van der Waals surface area contributed by atoms with Crippen molar-refractivity contribution in [2.24, 2.45) is 5.16 Å². The van der Waals surface area contributed by atoms with Crippen LogP contribution in [-0.2, 0) is 11.3 Å². The van der Waals surface area contributed by atoms with E-state index in [2.05, 4.69) is 24.4 Å². The van der Waals surface area contributed by atoms with E-state index in [1.807, 2.05) is 18.2 Å². The van der Waals surface area contributed by atoms with E-state index >= 15 is 0 Å². The molecule has 85 valence electrons. The largest absolute Gasteiger partial charge is 0.392 e. The second-order valence-corrected chi connectivity index (χ2v) is 4.23. The zero-order valence-corrected chi connectivity index (χ0v) is 9.78. The van der Waals surface area contributed by atoms with Gasteiger partial charge in [-0.1, -0.05) is 36.3 Å². The SMILES string of the molecule is CCc1ccccc1/[C]=N/OC1CCCC1. The minimum absolute atomic E-state index is 0.321. The maximum Gasteiger partial charge on any atom is 0.139 e. The van der Waals surface area contributed by atoms with Gasteiger partial charge in [0.15, 0.2) is 0 Å². The van der Waals surface area contributed by atoms with Crippen molar-refractivity contribution in [3.8, 4) is 0 Å². The predicted octanol–water partition coefficient (Wildman–Crippen LogP) is 3.42. The monoisotopic (exact) mass is 216 g/mol. The zero-order chi connectivity index (χ0) is 11.2. The Balaban J connectivity index is 1.94. The second kappa shape index (κ2) is 5.69. The first-order valence-electron chi connectivity index (χ1n) is 6.10. The first-order valence-corrected chi connectivity index (χ1v) is 6.10. The van der Waals surface area contributed by atoms with Gasteiger partial charge in [0.2, 0.25) is 0 Å². The standard InChI is InChI=1S/C14H18NO/c1-2-12-7-3-4-8-13(12)11-15-16-14-9-5-6-10-14/h3-4,7-8,14H,2,5-6,9-10H2,1H3. The molecule has 1 fully saturated rings. The molecule has 16 heavy (non-hydrogen) atoms. The van der Waals surface area contributed by atoms with E-state index in [4.69, 9.17) is 4.84 Å². The zero-order valence-electron chi connectivity index (χ0n) is 9.78. The third kappa shape index (κ3) is 2.84. The lowest BCUT2D eigenvalue weighted by molar-refractivity contribution is 0.0657. The van der Waals surface area contributed by atoms with Gasteiger partial charge in [0.25, 0.3) is 0 Å². The molecule has 1 saturated carbocycles. The molecular formula is C14H18NO. The Morgan fingerprint density at radius 2 is 2.06 bits per heavy atom. The molecule has 0 bridgehead atoms. The average Bonchev–Trinajstić information content (AvgIpc) is 2.83. The third-order valence-corrected chi connectivity index (χ3v) is 3.07. The molecular weight excluding hydrogens is 198 g/mol. The summed E-state index contributed by atoms with van der Waals surface area (Å²) in [4.78, 5) is 5.42. The summed E-state index contributed by atoms with van der Waals surface area (Å²) in [5.41, 5.74) is 2.31. The highest BCUT2D eigenvalue weighted by Crippen LogP contribution is 2.21. The Morgan fingerprint density at radius 3 is 2.81 bits per heavy atom. The van der Waals surface area contributed by atoms with E-state index in [-0.39, 0.29) is 0 Å². The highest BCUT2D eigenvalue weighted by atomic mass is 16.6. The van der Waals surface area contributed by atoms with E-state index in [1.54, 1.807) is 0 Å². The van der Waals surface area contributed by atoms with Crippen LogP contribution in [-0.4, -0.2) is 12.3 Å². The van der Waals surface area contributed by atoms with Crippen LogP contribution in [0.4, 0.5) is 0 Å². The minimum atomic E-state index is 0.321. The molecule has 2 heteroatoms. The molecule has 0 amide bonds. The summed E-state index contributed by atoms with van der Waals surface area (Å²) >= 11 is 0. The van der Waals surface area contributed by atoms with Crippen LogP contribution in [0.5, 0.6) is 0 Å². The number of nitrogens with zero attached hydrogens (tertiary/aromatic N) is 1. The molecule has 1 aromatic rings. The van der Waals surface area contributed by atoms with Gasteiger partial charge >= 0.3 is 0 Å². The fraction of sp³-hybridized carbons (Fsp3) is 0.500. The third-order valence-electron chi connectivity index (χ3n) is 3.07. The average molecular weight is 216 g/mol. The van der Waals surface area contributed by atoms with Crippen LogP contribution in [0.2, 0.25) is 0 Å². The van der Waals surface area contributed by atoms with E-state index in [9.17, 15) is 0 Å². The molecule has 0 spiro atoms. The van der Waals surface area contributed by atoms with Crippen LogP contribution >= 0.6 is 0 Å². The normalized spacial score (nSPS) is 17.1. The van der Waals surface area contributed by atoms with Gasteiger partial charge in [-0.2, -0.15) is 0 Å². The molecule has 0 atom stereocenters. The van der Waals surface area contributed by atoms with Crippen LogP contribution < -0.4 is 0 Å². The van der Waals surface area contributed by atoms with Crippen LogP contribution in [0.1, 0.15) is 43.7 Å². The summed E-state index contributed by atoms with van der Waals surface area (Å²) < 4.78 is 0. The van der Waals surface area contributed by atoms with Crippen molar-refractivity contribution in [2.45, 2.75) is 45.1 Å². The van der Waals surface area contributed by atoms with E-state index in [1.165, 1.54) is 18.4 Å². The lowest BCUT2D eigenvalue weighted by Crippen LogP contribution is -2.02. The summed E-state index contributed by atoms with van der Waals surface area (Å²) in [6, 6.07) is 8.18. The Bertz CT molecular complexity index is 354. The van der Waals surface area contributed by atoms with Crippen molar-refractivity contribution in [3.05, 3.63) is 35.4 Å². The molecule has 1 aliphatic carbocycles. The van der Waals surface area contributed by atoms with Crippen LogP contribution in [0.15, 0.2) is 29.4 Å². The summed E-state index contributed by atoms with van der Waals surface area (Å²) in [5.74, 6) is 0. The first kappa shape index (κ1) is 11.2. The summed E-state index contributed by atoms with van der Waals surface area (Å²) in [5, 5.41) is 3.98. The summed E-state index contributed by atoms with van der Waals surface area (Å²) in [6.07, 6.45) is 9.13. The molecule has 2 rings (SSSR count). The molecule has 2 nitrogen and oxygen atoms in total. The van der Waals surface area contributed by atoms with Crippen molar-refractivity contribution in [1.29, 1.82) is 0 Å². The van der Waals surface area contributed by atoms with Crippen molar-refractivity contribution in [3.63, 3.8) is 0 Å². The van der Waals surface area contributed by atoms with Gasteiger partial charge < -0.3 is 4.84 Å². The number of benzene rings is 1.